The Morgan fingerprint density at radius 1 is 1.10 bits per heavy atom. The Kier molecular flexibility index (Phi) is 7.52. The van der Waals surface area contributed by atoms with E-state index in [2.05, 4.69) is 33.8 Å². The number of hydrogen-bond acceptors (Lipinski definition) is 8. The number of nitrogens with zero attached hydrogens (tertiary/aromatic N) is 2. The third-order valence-corrected chi connectivity index (χ3v) is 6.86. The van der Waals surface area contributed by atoms with E-state index in [-0.39, 0.29) is 5.91 Å². The molecule has 0 radical (unpaired) electrons. The first-order valence-corrected chi connectivity index (χ1v) is 11.5. The third kappa shape index (κ3) is 6.68. The first kappa shape index (κ1) is 23.0. The molecular formula is C20H24N4O5S2. The number of carbonyl (C=O) groups excluding carboxylic acids is 1. The molecule has 2 aromatic heterocycles. The van der Waals surface area contributed by atoms with E-state index in [1.165, 1.54) is 47.5 Å². The van der Waals surface area contributed by atoms with Crippen molar-refractivity contribution in [3.8, 4) is 0 Å². The summed E-state index contributed by atoms with van der Waals surface area (Å²) in [6, 6.07) is 3.40. The largest absolute Gasteiger partial charge is 0.478 e. The zero-order valence-electron chi connectivity index (χ0n) is 17.1. The van der Waals surface area contributed by atoms with Crippen LogP contribution in [0.2, 0.25) is 0 Å². The summed E-state index contributed by atoms with van der Waals surface area (Å²) >= 11 is 2.97. The molecule has 2 heterocycles. The lowest BCUT2D eigenvalue weighted by molar-refractivity contribution is -0.134. The van der Waals surface area contributed by atoms with Crippen LogP contribution >= 0.6 is 22.7 Å². The third-order valence-electron chi connectivity index (χ3n) is 5.04. The Bertz CT molecular complexity index is 980. The van der Waals surface area contributed by atoms with Gasteiger partial charge in [0.15, 0.2) is 0 Å². The number of nitrogens with one attached hydrogen (secondary N) is 2. The topological polar surface area (TPSA) is 142 Å². The van der Waals surface area contributed by atoms with Crippen molar-refractivity contribution in [3.63, 3.8) is 0 Å². The lowest BCUT2D eigenvalue weighted by Gasteiger charge is -2.26. The van der Waals surface area contributed by atoms with Gasteiger partial charge in [-0.2, -0.15) is 0 Å². The Labute approximate surface area is 187 Å². The van der Waals surface area contributed by atoms with Crippen LogP contribution in [0, 0.1) is 13.8 Å². The molecule has 2 unspecified atom stereocenters. The van der Waals surface area contributed by atoms with E-state index in [9.17, 15) is 14.4 Å². The van der Waals surface area contributed by atoms with E-state index in [1.807, 2.05) is 6.92 Å². The van der Waals surface area contributed by atoms with Crippen molar-refractivity contribution in [2.45, 2.75) is 57.5 Å². The van der Waals surface area contributed by atoms with E-state index in [4.69, 9.17) is 10.2 Å². The molecule has 0 saturated heterocycles. The molecule has 0 bridgehead atoms. The van der Waals surface area contributed by atoms with Crippen LogP contribution in [0.4, 0.5) is 5.13 Å². The SMILES string of the molecule is Cc1nnc(NC(=O)c2cc(C3CC3NC3CCC3)c(C)s2)s1.O=C(O)C=CC(=O)O. The van der Waals surface area contributed by atoms with E-state index in [0.29, 0.717) is 29.2 Å². The predicted molar refractivity (Wildman–Crippen MR) is 118 cm³/mol. The molecule has 11 heteroatoms. The summed E-state index contributed by atoms with van der Waals surface area (Å²) in [6.45, 7) is 3.99. The minimum Gasteiger partial charge on any atom is -0.478 e. The summed E-state index contributed by atoms with van der Waals surface area (Å²) in [5, 5.41) is 31.5. The molecule has 2 aromatic rings. The van der Waals surface area contributed by atoms with Gasteiger partial charge in [0.25, 0.3) is 5.91 Å². The quantitative estimate of drug-likeness (QED) is 0.458. The molecule has 0 aromatic carbocycles. The number of carboxylic acids is 2. The zero-order valence-corrected chi connectivity index (χ0v) is 18.8. The maximum atomic E-state index is 12.4. The molecule has 2 atom stereocenters. The minimum atomic E-state index is -1.26. The number of thiophene rings is 1. The van der Waals surface area contributed by atoms with Gasteiger partial charge in [0, 0.05) is 35.0 Å². The van der Waals surface area contributed by atoms with Gasteiger partial charge in [0.1, 0.15) is 5.01 Å². The van der Waals surface area contributed by atoms with Crippen LogP contribution < -0.4 is 10.6 Å². The average molecular weight is 465 g/mol. The zero-order chi connectivity index (χ0) is 22.5. The normalized spacial score (nSPS) is 19.9. The van der Waals surface area contributed by atoms with Crippen molar-refractivity contribution in [2.24, 2.45) is 0 Å². The van der Waals surface area contributed by atoms with Gasteiger partial charge in [-0.25, -0.2) is 9.59 Å². The minimum absolute atomic E-state index is 0.0790. The van der Waals surface area contributed by atoms with Gasteiger partial charge in [-0.1, -0.05) is 17.8 Å². The second-order valence-electron chi connectivity index (χ2n) is 7.46. The van der Waals surface area contributed by atoms with E-state index in [0.717, 1.165) is 15.9 Å². The molecule has 166 valence electrons. The highest BCUT2D eigenvalue weighted by Crippen LogP contribution is 2.45. The molecule has 2 saturated carbocycles. The molecule has 0 aliphatic heterocycles. The van der Waals surface area contributed by atoms with E-state index < -0.39 is 11.9 Å². The number of aromatic nitrogens is 2. The summed E-state index contributed by atoms with van der Waals surface area (Å²) in [5.74, 6) is -2.01. The number of carboxylic acid groups (broad SMARTS) is 2. The smallest absolute Gasteiger partial charge is 0.328 e. The van der Waals surface area contributed by atoms with Crippen molar-refractivity contribution in [2.75, 3.05) is 5.32 Å². The Balaban J connectivity index is 0.000000293. The van der Waals surface area contributed by atoms with Gasteiger partial charge in [-0.05, 0) is 44.7 Å². The summed E-state index contributed by atoms with van der Waals surface area (Å²) in [4.78, 5) is 33.5. The highest BCUT2D eigenvalue weighted by Gasteiger charge is 2.41. The molecule has 0 spiro atoms. The standard InChI is InChI=1S/C16H20N4OS2.C4H4O4/c1-8-11(12-6-13(12)17-10-4-3-5-10)7-14(22-8)15(21)18-16-20-19-9(2)23-16;5-3(6)1-2-4(7)8/h7,10,12-13,17H,3-6H2,1-2H3,(H,18,20,21);1-2H,(H,5,6)(H,7,8). The molecule has 2 aliphatic carbocycles. The second kappa shape index (κ2) is 10.1. The fourth-order valence-corrected chi connectivity index (χ4v) is 4.80. The first-order valence-electron chi connectivity index (χ1n) is 9.84. The Morgan fingerprint density at radius 2 is 1.77 bits per heavy atom. The molecule has 2 fully saturated rings. The van der Waals surface area contributed by atoms with Crippen molar-refractivity contribution in [1.82, 2.24) is 15.5 Å². The molecule has 2 aliphatic rings. The van der Waals surface area contributed by atoms with Crippen LogP contribution in [0.3, 0.4) is 0 Å². The van der Waals surface area contributed by atoms with Crippen molar-refractivity contribution < 1.29 is 24.6 Å². The number of anilines is 1. The second-order valence-corrected chi connectivity index (χ2v) is 9.89. The maximum absolute atomic E-state index is 12.4. The molecule has 4 rings (SSSR count). The van der Waals surface area contributed by atoms with Crippen molar-refractivity contribution in [1.29, 1.82) is 0 Å². The van der Waals surface area contributed by atoms with Gasteiger partial charge in [0.2, 0.25) is 5.13 Å². The number of hydrogen-bond donors (Lipinski definition) is 4. The fraction of sp³-hybridized carbons (Fsp3) is 0.450. The monoisotopic (exact) mass is 464 g/mol. The lowest BCUT2D eigenvalue weighted by Crippen LogP contribution is -2.37. The molecule has 9 nitrogen and oxygen atoms in total. The number of rotatable bonds is 7. The number of carbonyl (C=O) groups is 3. The number of aliphatic carboxylic acids is 2. The first-order chi connectivity index (χ1) is 14.7. The van der Waals surface area contributed by atoms with Crippen LogP contribution in [0.1, 0.15) is 56.7 Å². The average Bonchev–Trinajstić information content (AvgIpc) is 3.14. The van der Waals surface area contributed by atoms with E-state index >= 15 is 0 Å². The van der Waals surface area contributed by atoms with Gasteiger partial charge in [0.05, 0.1) is 4.88 Å². The molecule has 4 N–H and O–H groups in total. The summed E-state index contributed by atoms with van der Waals surface area (Å²) in [5.41, 5.74) is 1.34. The van der Waals surface area contributed by atoms with Crippen LogP contribution in [0.25, 0.3) is 0 Å². The van der Waals surface area contributed by atoms with Crippen LogP contribution in [-0.2, 0) is 9.59 Å². The van der Waals surface area contributed by atoms with Gasteiger partial charge in [-0.3, -0.25) is 10.1 Å². The van der Waals surface area contributed by atoms with Crippen molar-refractivity contribution >= 4 is 45.7 Å². The van der Waals surface area contributed by atoms with Crippen LogP contribution in [-0.4, -0.2) is 50.3 Å². The predicted octanol–water partition coefficient (Wildman–Crippen LogP) is 3.18. The van der Waals surface area contributed by atoms with Gasteiger partial charge >= 0.3 is 11.9 Å². The van der Waals surface area contributed by atoms with Gasteiger partial charge in [-0.15, -0.1) is 21.5 Å². The number of amides is 1. The Morgan fingerprint density at radius 3 is 2.29 bits per heavy atom. The van der Waals surface area contributed by atoms with Crippen LogP contribution in [0.5, 0.6) is 0 Å². The molecule has 31 heavy (non-hydrogen) atoms. The highest BCUT2D eigenvalue weighted by atomic mass is 32.1. The van der Waals surface area contributed by atoms with Gasteiger partial charge < -0.3 is 15.5 Å². The summed E-state index contributed by atoms with van der Waals surface area (Å²) in [7, 11) is 0. The summed E-state index contributed by atoms with van der Waals surface area (Å²) in [6.07, 6.45) is 6.32. The Hall–Kier alpha value is -2.63. The van der Waals surface area contributed by atoms with Crippen LogP contribution in [0.15, 0.2) is 18.2 Å². The van der Waals surface area contributed by atoms with E-state index in [1.54, 1.807) is 11.3 Å². The summed E-state index contributed by atoms with van der Waals surface area (Å²) < 4.78 is 0. The number of aryl methyl sites for hydroxylation is 2. The lowest BCUT2D eigenvalue weighted by atomic mass is 9.93. The van der Waals surface area contributed by atoms with Crippen molar-refractivity contribution in [3.05, 3.63) is 38.5 Å². The fourth-order valence-electron chi connectivity index (χ4n) is 3.23. The molecule has 1 amide bonds. The molecular weight excluding hydrogens is 440 g/mol. The highest BCUT2D eigenvalue weighted by molar-refractivity contribution is 7.16. The maximum Gasteiger partial charge on any atom is 0.328 e.